The van der Waals surface area contributed by atoms with Crippen molar-refractivity contribution in [2.45, 2.75) is 64.0 Å². The van der Waals surface area contributed by atoms with Crippen LogP contribution in [0.15, 0.2) is 53.0 Å². The molecule has 192 valence electrons. The highest BCUT2D eigenvalue weighted by molar-refractivity contribution is 9.10. The van der Waals surface area contributed by atoms with Gasteiger partial charge in [0.1, 0.15) is 5.60 Å². The fourth-order valence-electron chi connectivity index (χ4n) is 5.35. The minimum absolute atomic E-state index is 0.0866. The molecule has 4 rings (SSSR count). The number of imide groups is 1. The van der Waals surface area contributed by atoms with Gasteiger partial charge in [-0.2, -0.15) is 0 Å². The lowest BCUT2D eigenvalue weighted by Gasteiger charge is -2.45. The van der Waals surface area contributed by atoms with E-state index in [1.54, 1.807) is 6.07 Å². The molecule has 0 saturated carbocycles. The lowest BCUT2D eigenvalue weighted by atomic mass is 9.62. The van der Waals surface area contributed by atoms with Gasteiger partial charge in [-0.3, -0.25) is 25.1 Å². The van der Waals surface area contributed by atoms with E-state index in [1.807, 2.05) is 39.0 Å². The van der Waals surface area contributed by atoms with Crippen LogP contribution in [0.2, 0.25) is 0 Å². The van der Waals surface area contributed by atoms with Gasteiger partial charge in [0, 0.05) is 23.1 Å². The van der Waals surface area contributed by atoms with Gasteiger partial charge in [-0.25, -0.2) is 4.79 Å². The van der Waals surface area contributed by atoms with Crippen LogP contribution in [0.1, 0.15) is 57.6 Å². The molecule has 1 atom stereocenters. The van der Waals surface area contributed by atoms with Crippen LogP contribution in [-0.2, 0) is 26.3 Å². The van der Waals surface area contributed by atoms with E-state index in [-0.39, 0.29) is 17.7 Å². The zero-order valence-electron chi connectivity index (χ0n) is 21.1. The first-order valence-corrected chi connectivity index (χ1v) is 13.3. The number of likely N-dealkylation sites (tertiary alicyclic amines) is 1. The summed E-state index contributed by atoms with van der Waals surface area (Å²) in [4.78, 5) is 40.3. The lowest BCUT2D eigenvalue weighted by Crippen LogP contribution is -2.57. The van der Waals surface area contributed by atoms with Crippen molar-refractivity contribution in [2.75, 3.05) is 18.4 Å². The fourth-order valence-corrected chi connectivity index (χ4v) is 5.62. The molecule has 0 aromatic heterocycles. The van der Waals surface area contributed by atoms with Crippen LogP contribution in [0.3, 0.4) is 0 Å². The number of hydrogen-bond acceptors (Lipinski definition) is 5. The van der Waals surface area contributed by atoms with Crippen molar-refractivity contribution in [1.82, 2.24) is 10.2 Å². The Morgan fingerprint density at radius 1 is 1.14 bits per heavy atom. The van der Waals surface area contributed by atoms with Crippen LogP contribution < -0.4 is 10.6 Å². The fraction of sp³-hybridized carbons (Fsp3) is 0.464. The molecule has 2 aromatic carbocycles. The maximum absolute atomic E-state index is 13.5. The highest BCUT2D eigenvalue weighted by atomic mass is 79.9. The zero-order valence-corrected chi connectivity index (χ0v) is 22.7. The van der Waals surface area contributed by atoms with E-state index < -0.39 is 17.1 Å². The van der Waals surface area contributed by atoms with Gasteiger partial charge in [0.05, 0.1) is 5.41 Å². The molecule has 2 aliphatic heterocycles. The third-order valence-corrected chi connectivity index (χ3v) is 7.56. The normalized spacial score (nSPS) is 21.7. The molecule has 36 heavy (non-hydrogen) atoms. The van der Waals surface area contributed by atoms with Gasteiger partial charge in [-0.1, -0.05) is 40.2 Å². The first-order valence-electron chi connectivity index (χ1n) is 12.5. The number of nitrogens with zero attached hydrogens (tertiary/aromatic N) is 1. The van der Waals surface area contributed by atoms with E-state index in [4.69, 9.17) is 4.74 Å². The Labute approximate surface area is 221 Å². The standard InChI is InChI=1S/C28H34BrN3O4/c1-27(2,3)36-26(35)30-23-6-4-5-21(17-23)28(14-11-24(33)31-25(28)34)20-12-15-32(16-13-20)18-19-7-9-22(29)10-8-19/h4-10,17,20H,11-16,18H2,1-3H3,(H,30,35)(H,31,33,34). The van der Waals surface area contributed by atoms with Gasteiger partial charge in [0.25, 0.3) is 0 Å². The molecule has 2 saturated heterocycles. The monoisotopic (exact) mass is 555 g/mol. The van der Waals surface area contributed by atoms with Crippen molar-refractivity contribution < 1.29 is 19.1 Å². The Kier molecular flexibility index (Phi) is 7.85. The summed E-state index contributed by atoms with van der Waals surface area (Å²) >= 11 is 3.49. The van der Waals surface area contributed by atoms with Crippen molar-refractivity contribution in [3.8, 4) is 0 Å². The molecule has 2 fully saturated rings. The molecular weight excluding hydrogens is 522 g/mol. The molecular formula is C28H34BrN3O4. The van der Waals surface area contributed by atoms with Crippen molar-refractivity contribution in [3.63, 3.8) is 0 Å². The maximum atomic E-state index is 13.5. The molecule has 0 bridgehead atoms. The quantitative estimate of drug-likeness (QED) is 0.483. The molecule has 8 heteroatoms. The number of carbonyl (C=O) groups is 3. The Bertz CT molecular complexity index is 1120. The van der Waals surface area contributed by atoms with Gasteiger partial charge in [0.2, 0.25) is 11.8 Å². The predicted octanol–water partition coefficient (Wildman–Crippen LogP) is 5.38. The Morgan fingerprint density at radius 3 is 2.47 bits per heavy atom. The Morgan fingerprint density at radius 2 is 1.83 bits per heavy atom. The summed E-state index contributed by atoms with van der Waals surface area (Å²) in [6.07, 6.45) is 1.92. The summed E-state index contributed by atoms with van der Waals surface area (Å²) in [5, 5.41) is 5.39. The first-order chi connectivity index (χ1) is 17.0. The molecule has 3 amide bonds. The van der Waals surface area contributed by atoms with Crippen LogP contribution in [0.25, 0.3) is 0 Å². The molecule has 2 N–H and O–H groups in total. The maximum Gasteiger partial charge on any atom is 0.412 e. The van der Waals surface area contributed by atoms with Crippen molar-refractivity contribution >= 4 is 39.5 Å². The number of anilines is 1. The number of ether oxygens (including phenoxy) is 1. The molecule has 2 aliphatic rings. The van der Waals surface area contributed by atoms with Crippen LogP contribution >= 0.6 is 15.9 Å². The topological polar surface area (TPSA) is 87.7 Å². The van der Waals surface area contributed by atoms with Gasteiger partial charge in [0.15, 0.2) is 0 Å². The van der Waals surface area contributed by atoms with Crippen LogP contribution in [0.4, 0.5) is 10.5 Å². The summed E-state index contributed by atoms with van der Waals surface area (Å²) in [5.74, 6) is -0.380. The summed E-state index contributed by atoms with van der Waals surface area (Å²) in [5.41, 5.74) is 1.22. The summed E-state index contributed by atoms with van der Waals surface area (Å²) in [7, 11) is 0. The third-order valence-electron chi connectivity index (χ3n) is 7.03. The van der Waals surface area contributed by atoms with Crippen LogP contribution in [-0.4, -0.2) is 41.5 Å². The Hall–Kier alpha value is -2.71. The number of benzene rings is 2. The minimum Gasteiger partial charge on any atom is -0.444 e. The van der Waals surface area contributed by atoms with E-state index in [2.05, 4.69) is 55.7 Å². The van der Waals surface area contributed by atoms with Crippen molar-refractivity contribution in [1.29, 1.82) is 0 Å². The van der Waals surface area contributed by atoms with E-state index in [0.717, 1.165) is 42.5 Å². The molecule has 1 unspecified atom stereocenters. The molecule has 2 aromatic rings. The van der Waals surface area contributed by atoms with Crippen LogP contribution in [0, 0.1) is 5.92 Å². The number of hydrogen-bond donors (Lipinski definition) is 2. The second kappa shape index (κ2) is 10.7. The molecule has 0 aliphatic carbocycles. The number of carbonyl (C=O) groups excluding carboxylic acids is 3. The average molecular weight is 557 g/mol. The van der Waals surface area contributed by atoms with Crippen LogP contribution in [0.5, 0.6) is 0 Å². The predicted molar refractivity (Wildman–Crippen MR) is 143 cm³/mol. The smallest absolute Gasteiger partial charge is 0.412 e. The van der Waals surface area contributed by atoms with Crippen molar-refractivity contribution in [2.24, 2.45) is 5.92 Å². The van der Waals surface area contributed by atoms with Gasteiger partial charge in [-0.15, -0.1) is 0 Å². The first kappa shape index (κ1) is 26.4. The highest BCUT2D eigenvalue weighted by Crippen LogP contribution is 2.45. The summed E-state index contributed by atoms with van der Waals surface area (Å²) in [6.45, 7) is 8.05. The second-order valence-electron chi connectivity index (χ2n) is 10.7. The molecule has 0 radical (unpaired) electrons. The number of nitrogens with one attached hydrogen (secondary N) is 2. The van der Waals surface area contributed by atoms with E-state index in [1.165, 1.54) is 5.56 Å². The SMILES string of the molecule is CC(C)(C)OC(=O)Nc1cccc(C2(C3CCN(Cc4ccc(Br)cc4)CC3)CCC(=O)NC2=O)c1. The van der Waals surface area contributed by atoms with Gasteiger partial charge < -0.3 is 4.74 Å². The number of amides is 3. The van der Waals surface area contributed by atoms with Crippen molar-refractivity contribution in [3.05, 3.63) is 64.1 Å². The second-order valence-corrected chi connectivity index (χ2v) is 11.6. The van der Waals surface area contributed by atoms with E-state index >= 15 is 0 Å². The minimum atomic E-state index is -0.816. The van der Waals surface area contributed by atoms with Gasteiger partial charge >= 0.3 is 6.09 Å². The summed E-state index contributed by atoms with van der Waals surface area (Å²) < 4.78 is 6.45. The summed E-state index contributed by atoms with van der Waals surface area (Å²) in [6, 6.07) is 15.8. The largest absolute Gasteiger partial charge is 0.444 e. The molecule has 0 spiro atoms. The lowest BCUT2D eigenvalue weighted by molar-refractivity contribution is -0.140. The Balaban J connectivity index is 1.53. The highest BCUT2D eigenvalue weighted by Gasteiger charge is 2.50. The zero-order chi connectivity index (χ0) is 25.9. The van der Waals surface area contributed by atoms with E-state index in [9.17, 15) is 14.4 Å². The molecule has 2 heterocycles. The molecule has 7 nitrogen and oxygen atoms in total. The third kappa shape index (κ3) is 6.16. The van der Waals surface area contributed by atoms with E-state index in [0.29, 0.717) is 18.5 Å². The average Bonchev–Trinajstić information content (AvgIpc) is 2.80. The number of rotatable bonds is 5. The van der Waals surface area contributed by atoms with Gasteiger partial charge in [-0.05, 0) is 94.4 Å². The number of piperidine rings is 2. The number of halogens is 1.